The Balaban J connectivity index is 2.02. The molecule has 2 heterocycles. The highest BCUT2D eigenvalue weighted by Crippen LogP contribution is 2.34. The number of carbonyl (C=O) groups excluding carboxylic acids is 1. The molecule has 9 nitrogen and oxygen atoms in total. The highest BCUT2D eigenvalue weighted by atomic mass is 32.2. The topological polar surface area (TPSA) is 113 Å². The van der Waals surface area contributed by atoms with Crippen LogP contribution in [0.4, 0.5) is 0 Å². The molecule has 188 valence electrons. The number of rotatable bonds is 5. The van der Waals surface area contributed by atoms with Crippen LogP contribution in [0, 0.1) is 23.7 Å². The van der Waals surface area contributed by atoms with Crippen molar-refractivity contribution < 1.29 is 23.1 Å². The molecule has 2 aromatic rings. The summed E-state index contributed by atoms with van der Waals surface area (Å²) in [7, 11) is -2.30. The number of sulfonamides is 1. The molecule has 1 aromatic carbocycles. The number of ether oxygens (including phenoxy) is 1. The summed E-state index contributed by atoms with van der Waals surface area (Å²) in [6.07, 6.45) is 3.81. The van der Waals surface area contributed by atoms with Crippen LogP contribution in [0.2, 0.25) is 0 Å². The number of amides is 1. The zero-order valence-corrected chi connectivity index (χ0v) is 21.5. The molecule has 35 heavy (non-hydrogen) atoms. The molecule has 0 saturated carbocycles. The van der Waals surface area contributed by atoms with Gasteiger partial charge in [-0.2, -0.15) is 4.31 Å². The van der Waals surface area contributed by atoms with Crippen LogP contribution in [0.5, 0.6) is 5.75 Å². The Morgan fingerprint density at radius 3 is 2.69 bits per heavy atom. The number of nitrogens with zero attached hydrogens (tertiary/aromatic N) is 4. The lowest BCUT2D eigenvalue weighted by molar-refractivity contribution is 0.0559. The van der Waals surface area contributed by atoms with Crippen LogP contribution < -0.4 is 4.74 Å². The summed E-state index contributed by atoms with van der Waals surface area (Å²) < 4.78 is 34.7. The Kier molecular flexibility index (Phi) is 8.48. The van der Waals surface area contributed by atoms with Crippen molar-refractivity contribution in [2.75, 3.05) is 26.7 Å². The van der Waals surface area contributed by atoms with Crippen molar-refractivity contribution in [1.29, 1.82) is 0 Å². The van der Waals surface area contributed by atoms with E-state index in [2.05, 4.69) is 21.8 Å². The number of fused-ring (bicyclic) bond motifs is 1. The largest absolute Gasteiger partial charge is 0.487 e. The number of aliphatic hydroxyl groups excluding tert-OH is 1. The quantitative estimate of drug-likeness (QED) is 0.625. The van der Waals surface area contributed by atoms with Crippen molar-refractivity contribution in [3.63, 3.8) is 0 Å². The Morgan fingerprint density at radius 2 is 2.06 bits per heavy atom. The summed E-state index contributed by atoms with van der Waals surface area (Å²) in [6, 6.07) is 4.14. The SMILES string of the molecule is CC(C)C#Cc1ccc2c(c1)O[C@@H](CN(C)C(=O)c1cnccn1)[C@@H](C)CN([C@@H](C)CO)S2(=O)=O. The monoisotopic (exact) mass is 500 g/mol. The number of benzene rings is 1. The highest BCUT2D eigenvalue weighted by molar-refractivity contribution is 7.89. The third-order valence-electron chi connectivity index (χ3n) is 5.76. The first-order valence-corrected chi connectivity index (χ1v) is 12.9. The summed E-state index contributed by atoms with van der Waals surface area (Å²) >= 11 is 0. The molecule has 0 radical (unpaired) electrons. The van der Waals surface area contributed by atoms with Crippen molar-refractivity contribution >= 4 is 15.9 Å². The van der Waals surface area contributed by atoms with Gasteiger partial charge in [-0.3, -0.25) is 9.78 Å². The second-order valence-electron chi connectivity index (χ2n) is 9.10. The van der Waals surface area contributed by atoms with Crippen molar-refractivity contribution in [2.45, 2.75) is 44.7 Å². The van der Waals surface area contributed by atoms with Gasteiger partial charge in [-0.25, -0.2) is 13.4 Å². The molecule has 1 aliphatic rings. The zero-order chi connectivity index (χ0) is 25.8. The second-order valence-corrected chi connectivity index (χ2v) is 11.0. The smallest absolute Gasteiger partial charge is 0.273 e. The van der Waals surface area contributed by atoms with Gasteiger partial charge in [0.2, 0.25) is 10.0 Å². The summed E-state index contributed by atoms with van der Waals surface area (Å²) in [6.45, 7) is 7.46. The number of aromatic nitrogens is 2. The van der Waals surface area contributed by atoms with Crippen LogP contribution in [0.3, 0.4) is 0 Å². The molecule has 0 unspecified atom stereocenters. The predicted octanol–water partition coefficient (Wildman–Crippen LogP) is 2.02. The van der Waals surface area contributed by atoms with Gasteiger partial charge in [0, 0.05) is 49.4 Å². The Labute approximate surface area is 207 Å². The predicted molar refractivity (Wildman–Crippen MR) is 131 cm³/mol. The summed E-state index contributed by atoms with van der Waals surface area (Å²) in [5.74, 6) is 5.83. The molecule has 0 fully saturated rings. The van der Waals surface area contributed by atoms with E-state index in [1.807, 2.05) is 20.8 Å². The van der Waals surface area contributed by atoms with Gasteiger partial charge in [-0.05, 0) is 25.1 Å². The molecule has 1 aliphatic heterocycles. The van der Waals surface area contributed by atoms with Crippen LogP contribution in [-0.2, 0) is 10.0 Å². The van der Waals surface area contributed by atoms with Gasteiger partial charge in [0.05, 0.1) is 19.3 Å². The number of aliphatic hydroxyl groups is 1. The maximum Gasteiger partial charge on any atom is 0.273 e. The van der Waals surface area contributed by atoms with Crippen molar-refractivity contribution in [2.24, 2.45) is 11.8 Å². The molecule has 3 rings (SSSR count). The van der Waals surface area contributed by atoms with Gasteiger partial charge >= 0.3 is 0 Å². The van der Waals surface area contributed by atoms with Gasteiger partial charge in [0.1, 0.15) is 22.4 Å². The fourth-order valence-electron chi connectivity index (χ4n) is 3.71. The van der Waals surface area contributed by atoms with Crippen LogP contribution >= 0.6 is 0 Å². The molecule has 1 amide bonds. The molecular weight excluding hydrogens is 468 g/mol. The number of likely N-dealkylation sites (N-methyl/N-ethyl adjacent to an activating group) is 1. The molecule has 0 spiro atoms. The maximum absolute atomic E-state index is 13.5. The lowest BCUT2D eigenvalue weighted by Gasteiger charge is -2.37. The number of hydrogen-bond donors (Lipinski definition) is 1. The summed E-state index contributed by atoms with van der Waals surface area (Å²) in [5, 5.41) is 9.77. The Morgan fingerprint density at radius 1 is 1.31 bits per heavy atom. The lowest BCUT2D eigenvalue weighted by Crippen LogP contribution is -2.50. The minimum Gasteiger partial charge on any atom is -0.487 e. The van der Waals surface area contributed by atoms with E-state index in [0.717, 1.165) is 0 Å². The lowest BCUT2D eigenvalue weighted by atomic mass is 10.0. The maximum atomic E-state index is 13.5. The summed E-state index contributed by atoms with van der Waals surface area (Å²) in [5.41, 5.74) is 0.837. The second kappa shape index (κ2) is 11.2. The first-order chi connectivity index (χ1) is 16.5. The van der Waals surface area contributed by atoms with Gasteiger partial charge < -0.3 is 14.7 Å². The van der Waals surface area contributed by atoms with Crippen LogP contribution in [0.1, 0.15) is 43.7 Å². The van der Waals surface area contributed by atoms with E-state index >= 15 is 0 Å². The minimum absolute atomic E-state index is 0.00713. The van der Waals surface area contributed by atoms with Crippen molar-refractivity contribution in [3.05, 3.63) is 48.0 Å². The fraction of sp³-hybridized carbons (Fsp3) is 0.480. The first kappa shape index (κ1) is 26.6. The zero-order valence-electron chi connectivity index (χ0n) is 20.7. The Bertz CT molecular complexity index is 1210. The average Bonchev–Trinajstić information content (AvgIpc) is 2.84. The normalized spacial score (nSPS) is 20.4. The van der Waals surface area contributed by atoms with E-state index < -0.39 is 22.2 Å². The van der Waals surface area contributed by atoms with Crippen LogP contribution in [0.15, 0.2) is 41.7 Å². The molecule has 0 aliphatic carbocycles. The highest BCUT2D eigenvalue weighted by Gasteiger charge is 2.38. The molecular formula is C25H32N4O5S. The van der Waals surface area contributed by atoms with E-state index in [4.69, 9.17) is 4.74 Å². The molecule has 10 heteroatoms. The van der Waals surface area contributed by atoms with E-state index in [1.54, 1.807) is 26.1 Å². The van der Waals surface area contributed by atoms with E-state index in [-0.39, 0.29) is 53.8 Å². The molecule has 0 bridgehead atoms. The first-order valence-electron chi connectivity index (χ1n) is 11.5. The van der Waals surface area contributed by atoms with Gasteiger partial charge in [-0.1, -0.05) is 32.6 Å². The van der Waals surface area contributed by atoms with Crippen LogP contribution in [0.25, 0.3) is 0 Å². The third-order valence-corrected chi connectivity index (χ3v) is 7.77. The average molecular weight is 501 g/mol. The van der Waals surface area contributed by atoms with Gasteiger partial charge in [0.25, 0.3) is 5.91 Å². The Hall–Kier alpha value is -3.00. The van der Waals surface area contributed by atoms with Crippen LogP contribution in [-0.4, -0.2) is 77.5 Å². The fourth-order valence-corrected chi connectivity index (χ4v) is 5.53. The number of hydrogen-bond acceptors (Lipinski definition) is 7. The van der Waals surface area contributed by atoms with E-state index in [0.29, 0.717) is 5.56 Å². The van der Waals surface area contributed by atoms with Crippen molar-refractivity contribution in [1.82, 2.24) is 19.2 Å². The van der Waals surface area contributed by atoms with Crippen molar-refractivity contribution in [3.8, 4) is 17.6 Å². The minimum atomic E-state index is -3.94. The van der Waals surface area contributed by atoms with Gasteiger partial charge in [-0.15, -0.1) is 0 Å². The standard InChI is InChI=1S/C25H32N4O5S/c1-17(2)6-7-20-8-9-24-22(12-20)34-23(15-28(5)25(31)21-13-26-10-11-27-21)18(3)14-29(19(4)16-30)35(24,32)33/h8-13,17-19,23,30H,14-16H2,1-5H3/t18-,19-,23-/m0/s1. The van der Waals surface area contributed by atoms with E-state index in [1.165, 1.54) is 33.9 Å². The molecule has 0 saturated heterocycles. The molecule has 1 N–H and O–H groups in total. The van der Waals surface area contributed by atoms with Gasteiger partial charge in [0.15, 0.2) is 0 Å². The summed E-state index contributed by atoms with van der Waals surface area (Å²) in [4.78, 5) is 22.4. The number of carbonyl (C=O) groups is 1. The molecule has 1 aromatic heterocycles. The molecule has 3 atom stereocenters. The van der Waals surface area contributed by atoms with E-state index in [9.17, 15) is 18.3 Å². The third kappa shape index (κ3) is 6.17.